The van der Waals surface area contributed by atoms with Crippen LogP contribution in [0.25, 0.3) is 33.5 Å². The van der Waals surface area contributed by atoms with E-state index in [0.29, 0.717) is 5.65 Å². The Labute approximate surface area is 139 Å². The first-order valence-electron chi connectivity index (χ1n) is 6.93. The molecule has 0 aliphatic heterocycles. The summed E-state index contributed by atoms with van der Waals surface area (Å²) in [7, 11) is 0. The molecule has 1 N–H and O–H groups in total. The van der Waals surface area contributed by atoms with Crippen LogP contribution in [0.15, 0.2) is 59.6 Å². The quantitative estimate of drug-likeness (QED) is 0.526. The Morgan fingerprint density at radius 1 is 0.870 bits per heavy atom. The molecule has 0 saturated carbocycles. The molecule has 0 radical (unpaired) electrons. The molecule has 4 aromatic rings. The smallest absolute Gasteiger partial charge is 0.157 e. The van der Waals surface area contributed by atoms with E-state index in [9.17, 15) is 4.39 Å². The van der Waals surface area contributed by atoms with Crippen molar-refractivity contribution in [3.8, 4) is 22.4 Å². The summed E-state index contributed by atoms with van der Waals surface area (Å²) < 4.78 is 14.0. The molecule has 4 rings (SSSR count). The lowest BCUT2D eigenvalue weighted by Gasteiger charge is -2.05. The third-order valence-corrected chi connectivity index (χ3v) is 4.01. The highest BCUT2D eigenvalue weighted by molar-refractivity contribution is 9.10. The molecule has 4 nitrogen and oxygen atoms in total. The van der Waals surface area contributed by atoms with E-state index >= 15 is 0 Å². The molecule has 3 heterocycles. The second kappa shape index (κ2) is 5.55. The van der Waals surface area contributed by atoms with Crippen LogP contribution < -0.4 is 0 Å². The molecular formula is C17H10BrFN4. The molecule has 3 aromatic heterocycles. The van der Waals surface area contributed by atoms with Gasteiger partial charge in [0.1, 0.15) is 15.9 Å². The summed E-state index contributed by atoms with van der Waals surface area (Å²) >= 11 is 3.39. The highest BCUT2D eigenvalue weighted by Gasteiger charge is 2.17. The van der Waals surface area contributed by atoms with E-state index in [2.05, 4.69) is 35.9 Å². The number of pyridine rings is 1. The van der Waals surface area contributed by atoms with E-state index in [0.717, 1.165) is 32.5 Å². The monoisotopic (exact) mass is 368 g/mol. The van der Waals surface area contributed by atoms with Gasteiger partial charge in [0.2, 0.25) is 0 Å². The van der Waals surface area contributed by atoms with Gasteiger partial charge in [0, 0.05) is 29.7 Å². The van der Waals surface area contributed by atoms with Crippen molar-refractivity contribution in [1.82, 2.24) is 19.9 Å². The molecule has 0 amide bonds. The molecule has 6 heteroatoms. The number of aromatic amines is 1. The van der Waals surface area contributed by atoms with Crippen LogP contribution in [-0.2, 0) is 0 Å². The number of aromatic nitrogens is 4. The van der Waals surface area contributed by atoms with Crippen molar-refractivity contribution in [3.05, 3.63) is 65.4 Å². The molecule has 0 bridgehead atoms. The van der Waals surface area contributed by atoms with Gasteiger partial charge in [-0.3, -0.25) is 4.98 Å². The number of hydrogen-bond acceptors (Lipinski definition) is 3. The van der Waals surface area contributed by atoms with Gasteiger partial charge in [0.25, 0.3) is 0 Å². The van der Waals surface area contributed by atoms with Crippen molar-refractivity contribution in [1.29, 1.82) is 0 Å². The van der Waals surface area contributed by atoms with E-state index in [1.807, 2.05) is 12.1 Å². The number of H-pyrrole nitrogens is 1. The third-order valence-electron chi connectivity index (χ3n) is 3.58. The Kier molecular flexibility index (Phi) is 3.38. The van der Waals surface area contributed by atoms with Crippen molar-refractivity contribution in [3.63, 3.8) is 0 Å². The lowest BCUT2D eigenvalue weighted by Crippen LogP contribution is -1.85. The standard InChI is InChI=1S/C17H10BrFN4/c18-13-9-11(5-6-20-13)15-14(10-1-3-12(19)4-2-10)16-17(23-15)22-8-7-21-16/h1-9H,(H,22,23). The minimum Gasteiger partial charge on any atom is -0.337 e. The Morgan fingerprint density at radius 3 is 2.43 bits per heavy atom. The van der Waals surface area contributed by atoms with Crippen molar-refractivity contribution in [2.45, 2.75) is 0 Å². The van der Waals surface area contributed by atoms with Crippen molar-refractivity contribution in [2.24, 2.45) is 0 Å². The molecule has 23 heavy (non-hydrogen) atoms. The Bertz CT molecular complexity index is 995. The zero-order chi connectivity index (χ0) is 15.8. The molecule has 0 aliphatic rings. The third kappa shape index (κ3) is 2.51. The molecule has 0 saturated heterocycles. The molecule has 1 aromatic carbocycles. The summed E-state index contributed by atoms with van der Waals surface area (Å²) in [5.41, 5.74) is 5.04. The molecular weight excluding hydrogens is 359 g/mol. The molecule has 0 aliphatic carbocycles. The van der Waals surface area contributed by atoms with Crippen LogP contribution in [0.5, 0.6) is 0 Å². The van der Waals surface area contributed by atoms with Crippen molar-refractivity contribution < 1.29 is 4.39 Å². The fourth-order valence-corrected chi connectivity index (χ4v) is 2.95. The minimum atomic E-state index is -0.270. The van der Waals surface area contributed by atoms with Crippen LogP contribution in [0, 0.1) is 5.82 Å². The lowest BCUT2D eigenvalue weighted by atomic mass is 10.0. The summed E-state index contributed by atoms with van der Waals surface area (Å²) in [6.45, 7) is 0. The van der Waals surface area contributed by atoms with E-state index in [-0.39, 0.29) is 5.82 Å². The minimum absolute atomic E-state index is 0.270. The van der Waals surface area contributed by atoms with Gasteiger partial charge < -0.3 is 4.98 Å². The Hall–Kier alpha value is -2.60. The first-order chi connectivity index (χ1) is 11.2. The number of nitrogens with one attached hydrogen (secondary N) is 1. The highest BCUT2D eigenvalue weighted by atomic mass is 79.9. The summed E-state index contributed by atoms with van der Waals surface area (Å²) in [5, 5.41) is 0. The van der Waals surface area contributed by atoms with E-state index in [1.54, 1.807) is 30.7 Å². The first kappa shape index (κ1) is 14.0. The molecule has 0 fully saturated rings. The van der Waals surface area contributed by atoms with Crippen LogP contribution in [0.1, 0.15) is 0 Å². The van der Waals surface area contributed by atoms with E-state index in [1.165, 1.54) is 12.1 Å². The number of benzene rings is 1. The zero-order valence-corrected chi connectivity index (χ0v) is 13.4. The lowest BCUT2D eigenvalue weighted by molar-refractivity contribution is 0.628. The first-order valence-corrected chi connectivity index (χ1v) is 7.72. The van der Waals surface area contributed by atoms with Gasteiger partial charge in [-0.15, -0.1) is 0 Å². The van der Waals surface area contributed by atoms with Crippen molar-refractivity contribution >= 4 is 27.1 Å². The average molecular weight is 369 g/mol. The maximum absolute atomic E-state index is 13.3. The fraction of sp³-hybridized carbons (Fsp3) is 0. The summed E-state index contributed by atoms with van der Waals surface area (Å²) in [6.07, 6.45) is 5.01. The van der Waals surface area contributed by atoms with Gasteiger partial charge in [-0.05, 0) is 45.8 Å². The van der Waals surface area contributed by atoms with Gasteiger partial charge in [-0.1, -0.05) is 12.1 Å². The summed E-state index contributed by atoms with van der Waals surface area (Å²) in [5.74, 6) is -0.270. The average Bonchev–Trinajstić information content (AvgIpc) is 2.95. The van der Waals surface area contributed by atoms with Crippen molar-refractivity contribution in [2.75, 3.05) is 0 Å². The van der Waals surface area contributed by atoms with Gasteiger partial charge in [0.05, 0.1) is 5.69 Å². The second-order valence-corrected chi connectivity index (χ2v) is 5.82. The van der Waals surface area contributed by atoms with Crippen LogP contribution in [0.4, 0.5) is 4.39 Å². The summed E-state index contributed by atoms with van der Waals surface area (Å²) in [4.78, 5) is 16.2. The molecule has 0 atom stereocenters. The maximum Gasteiger partial charge on any atom is 0.157 e. The van der Waals surface area contributed by atoms with E-state index < -0.39 is 0 Å². The number of halogens is 2. The predicted molar refractivity (Wildman–Crippen MR) is 90.2 cm³/mol. The van der Waals surface area contributed by atoms with Crippen LogP contribution in [0.3, 0.4) is 0 Å². The maximum atomic E-state index is 13.3. The number of hydrogen-bond donors (Lipinski definition) is 1. The van der Waals surface area contributed by atoms with Crippen LogP contribution in [0.2, 0.25) is 0 Å². The molecule has 112 valence electrons. The predicted octanol–water partition coefficient (Wildman–Crippen LogP) is 4.59. The summed E-state index contributed by atoms with van der Waals surface area (Å²) in [6, 6.07) is 10.2. The Balaban J connectivity index is 2.04. The Morgan fingerprint density at radius 2 is 1.65 bits per heavy atom. The largest absolute Gasteiger partial charge is 0.337 e. The zero-order valence-electron chi connectivity index (χ0n) is 11.8. The number of rotatable bonds is 2. The SMILES string of the molecule is Fc1ccc(-c2c(-c3ccnc(Br)c3)[nH]c3nccnc23)cc1. The highest BCUT2D eigenvalue weighted by Crippen LogP contribution is 2.37. The topological polar surface area (TPSA) is 54.5 Å². The fourth-order valence-electron chi connectivity index (χ4n) is 2.58. The normalized spacial score (nSPS) is 11.0. The van der Waals surface area contributed by atoms with E-state index in [4.69, 9.17) is 0 Å². The van der Waals surface area contributed by atoms with Gasteiger partial charge >= 0.3 is 0 Å². The van der Waals surface area contributed by atoms with Gasteiger partial charge in [-0.25, -0.2) is 14.4 Å². The van der Waals surface area contributed by atoms with Gasteiger partial charge in [0.15, 0.2) is 5.65 Å². The molecule has 0 unspecified atom stereocenters. The second-order valence-electron chi connectivity index (χ2n) is 5.00. The van der Waals surface area contributed by atoms with Crippen LogP contribution >= 0.6 is 15.9 Å². The van der Waals surface area contributed by atoms with Gasteiger partial charge in [-0.2, -0.15) is 0 Å². The molecule has 0 spiro atoms. The number of fused-ring (bicyclic) bond motifs is 1. The number of nitrogens with zero attached hydrogens (tertiary/aromatic N) is 3. The van der Waals surface area contributed by atoms with Crippen LogP contribution in [-0.4, -0.2) is 19.9 Å².